The highest BCUT2D eigenvalue weighted by Crippen LogP contribution is 2.11. The molecule has 0 unspecified atom stereocenters. The van der Waals surface area contributed by atoms with Crippen molar-refractivity contribution in [1.29, 1.82) is 0 Å². The van der Waals surface area contributed by atoms with E-state index in [4.69, 9.17) is 9.15 Å². The summed E-state index contributed by atoms with van der Waals surface area (Å²) in [6.07, 6.45) is 1.16. The molecule has 0 atom stereocenters. The summed E-state index contributed by atoms with van der Waals surface area (Å²) in [6, 6.07) is 2.89. The van der Waals surface area contributed by atoms with Crippen LogP contribution < -0.4 is 0 Å². The predicted molar refractivity (Wildman–Crippen MR) is 60.1 cm³/mol. The minimum absolute atomic E-state index is 0.0327. The van der Waals surface area contributed by atoms with E-state index >= 15 is 0 Å². The van der Waals surface area contributed by atoms with E-state index in [-0.39, 0.29) is 23.7 Å². The topological polar surface area (TPSA) is 65.7 Å². The highest BCUT2D eigenvalue weighted by Gasteiger charge is 2.15. The molecular weight excluding hydrogens is 224 g/mol. The number of methoxy groups -OCH3 is 1. The molecule has 0 aliphatic carbocycles. The van der Waals surface area contributed by atoms with Crippen LogP contribution in [0.3, 0.4) is 0 Å². The largest absolute Gasteiger partial charge is 0.463 e. The van der Waals surface area contributed by atoms with E-state index in [9.17, 15) is 9.59 Å². The van der Waals surface area contributed by atoms with Crippen LogP contribution in [0.1, 0.15) is 40.9 Å². The zero-order chi connectivity index (χ0) is 12.7. The van der Waals surface area contributed by atoms with Crippen molar-refractivity contribution in [3.63, 3.8) is 0 Å². The Morgan fingerprint density at radius 1 is 1.24 bits per heavy atom. The molecule has 1 rings (SSSR count). The van der Waals surface area contributed by atoms with Crippen molar-refractivity contribution >= 4 is 11.8 Å². The quantitative estimate of drug-likeness (QED) is 0.414. The van der Waals surface area contributed by atoms with Crippen LogP contribution in [0.4, 0.5) is 0 Å². The third-order valence-corrected chi connectivity index (χ3v) is 2.09. The molecule has 0 aliphatic heterocycles. The predicted octanol–water partition coefficient (Wildman–Crippen LogP) is 2.07. The summed E-state index contributed by atoms with van der Waals surface area (Å²) in [4.78, 5) is 22.7. The van der Waals surface area contributed by atoms with Crippen LogP contribution in [0.25, 0.3) is 0 Å². The number of carbonyl (C=O) groups excluding carboxylic acids is 2. The Labute approximate surface area is 99.7 Å². The van der Waals surface area contributed by atoms with Crippen molar-refractivity contribution in [2.75, 3.05) is 20.3 Å². The fraction of sp³-hybridized carbons (Fsp3) is 0.500. The Kier molecular flexibility index (Phi) is 5.42. The minimum Gasteiger partial charge on any atom is -0.463 e. The Morgan fingerprint density at radius 2 is 1.94 bits per heavy atom. The molecular formula is C12H16O5. The minimum atomic E-state index is -0.591. The zero-order valence-electron chi connectivity index (χ0n) is 10.0. The molecule has 1 heterocycles. The lowest BCUT2D eigenvalue weighted by Gasteiger charge is -2.00. The van der Waals surface area contributed by atoms with Crippen molar-refractivity contribution < 1.29 is 23.5 Å². The summed E-state index contributed by atoms with van der Waals surface area (Å²) in [7, 11) is 1.25. The lowest BCUT2D eigenvalue weighted by Crippen LogP contribution is -2.04. The number of hydrogen-bond donors (Lipinski definition) is 0. The van der Waals surface area contributed by atoms with Crippen LogP contribution in [-0.2, 0) is 9.47 Å². The summed E-state index contributed by atoms with van der Waals surface area (Å²) in [5.41, 5.74) is 0. The van der Waals surface area contributed by atoms with Crippen LogP contribution in [0, 0.1) is 0 Å². The maximum Gasteiger partial charge on any atom is 0.373 e. The molecule has 0 bridgehead atoms. The molecule has 1 aromatic rings. The van der Waals surface area contributed by atoms with Gasteiger partial charge in [0.15, 0.2) is 11.5 Å². The van der Waals surface area contributed by atoms with Gasteiger partial charge in [-0.25, -0.2) is 4.79 Å². The second-order valence-electron chi connectivity index (χ2n) is 3.44. The van der Waals surface area contributed by atoms with Gasteiger partial charge in [0.25, 0.3) is 0 Å². The molecule has 0 aliphatic rings. The van der Waals surface area contributed by atoms with Crippen molar-refractivity contribution in [2.45, 2.75) is 19.8 Å². The van der Waals surface area contributed by atoms with Gasteiger partial charge in [-0.2, -0.15) is 0 Å². The number of ether oxygens (including phenoxy) is 2. The molecule has 0 saturated carbocycles. The van der Waals surface area contributed by atoms with Crippen molar-refractivity contribution in [3.8, 4) is 0 Å². The molecule has 0 amide bonds. The number of Topliss-reactive ketones (excluding diaryl/α,β-unsaturated/α-hetero) is 1. The highest BCUT2D eigenvalue weighted by atomic mass is 16.5. The second-order valence-corrected chi connectivity index (χ2v) is 3.44. The lowest BCUT2D eigenvalue weighted by molar-refractivity contribution is 0.0562. The SMILES string of the molecule is CCCOCCC(=O)c1ccc(C(=O)OC)o1. The molecule has 94 valence electrons. The Balaban J connectivity index is 2.46. The summed E-state index contributed by atoms with van der Waals surface area (Å²) in [5, 5.41) is 0. The van der Waals surface area contributed by atoms with Gasteiger partial charge < -0.3 is 13.9 Å². The molecule has 17 heavy (non-hydrogen) atoms. The molecule has 0 fully saturated rings. The molecule has 0 aromatic carbocycles. The lowest BCUT2D eigenvalue weighted by atomic mass is 10.2. The summed E-state index contributed by atoms with van der Waals surface area (Å²) >= 11 is 0. The first kappa shape index (κ1) is 13.4. The fourth-order valence-electron chi connectivity index (χ4n) is 1.23. The number of carbonyl (C=O) groups is 2. The maximum absolute atomic E-state index is 11.6. The van der Waals surface area contributed by atoms with Crippen LogP contribution in [-0.4, -0.2) is 32.1 Å². The van der Waals surface area contributed by atoms with Crippen molar-refractivity contribution in [1.82, 2.24) is 0 Å². The van der Waals surface area contributed by atoms with Gasteiger partial charge in [-0.15, -0.1) is 0 Å². The first-order chi connectivity index (χ1) is 8.19. The first-order valence-electron chi connectivity index (χ1n) is 5.48. The Morgan fingerprint density at radius 3 is 2.59 bits per heavy atom. The summed E-state index contributed by atoms with van der Waals surface area (Å²) < 4.78 is 14.7. The number of esters is 1. The third kappa shape index (κ3) is 4.03. The highest BCUT2D eigenvalue weighted by molar-refractivity contribution is 5.95. The van der Waals surface area contributed by atoms with Gasteiger partial charge in [0.05, 0.1) is 13.7 Å². The van der Waals surface area contributed by atoms with Gasteiger partial charge in [0.2, 0.25) is 5.76 Å². The second kappa shape index (κ2) is 6.85. The van der Waals surface area contributed by atoms with Gasteiger partial charge >= 0.3 is 5.97 Å². The first-order valence-corrected chi connectivity index (χ1v) is 5.48. The molecule has 0 N–H and O–H groups in total. The van der Waals surface area contributed by atoms with Gasteiger partial charge in [0, 0.05) is 13.0 Å². The van der Waals surface area contributed by atoms with E-state index in [0.29, 0.717) is 13.2 Å². The zero-order valence-corrected chi connectivity index (χ0v) is 10.0. The number of furan rings is 1. The van der Waals surface area contributed by atoms with Crippen LogP contribution in [0.2, 0.25) is 0 Å². The van der Waals surface area contributed by atoms with Crippen LogP contribution in [0.15, 0.2) is 16.5 Å². The van der Waals surface area contributed by atoms with E-state index in [1.165, 1.54) is 19.2 Å². The van der Waals surface area contributed by atoms with Gasteiger partial charge in [-0.1, -0.05) is 6.92 Å². The van der Waals surface area contributed by atoms with E-state index < -0.39 is 5.97 Å². The third-order valence-electron chi connectivity index (χ3n) is 2.09. The molecule has 1 aromatic heterocycles. The number of rotatable bonds is 7. The molecule has 5 heteroatoms. The summed E-state index contributed by atoms with van der Waals surface area (Å²) in [6.45, 7) is 3.00. The smallest absolute Gasteiger partial charge is 0.373 e. The van der Waals surface area contributed by atoms with E-state index in [0.717, 1.165) is 6.42 Å². The molecule has 0 spiro atoms. The Bertz CT molecular complexity index is 380. The van der Waals surface area contributed by atoms with Crippen molar-refractivity contribution in [3.05, 3.63) is 23.7 Å². The fourth-order valence-corrected chi connectivity index (χ4v) is 1.23. The Hall–Kier alpha value is -1.62. The van der Waals surface area contributed by atoms with Crippen LogP contribution >= 0.6 is 0 Å². The molecule has 5 nitrogen and oxygen atoms in total. The van der Waals surface area contributed by atoms with Gasteiger partial charge in [-0.05, 0) is 18.6 Å². The van der Waals surface area contributed by atoms with E-state index in [1.807, 2.05) is 6.92 Å². The normalized spacial score (nSPS) is 10.2. The average Bonchev–Trinajstić information content (AvgIpc) is 2.83. The standard InChI is InChI=1S/C12H16O5/c1-3-7-16-8-6-9(13)10-4-5-11(17-10)12(14)15-2/h4-5H,3,6-8H2,1-2H3. The van der Waals surface area contributed by atoms with E-state index in [2.05, 4.69) is 4.74 Å². The van der Waals surface area contributed by atoms with E-state index in [1.54, 1.807) is 0 Å². The maximum atomic E-state index is 11.6. The number of hydrogen-bond acceptors (Lipinski definition) is 5. The summed E-state index contributed by atoms with van der Waals surface area (Å²) in [5.74, 6) is -0.585. The van der Waals surface area contributed by atoms with Gasteiger partial charge in [-0.3, -0.25) is 4.79 Å². The monoisotopic (exact) mass is 240 g/mol. The van der Waals surface area contributed by atoms with Crippen LogP contribution in [0.5, 0.6) is 0 Å². The average molecular weight is 240 g/mol. The van der Waals surface area contributed by atoms with Crippen molar-refractivity contribution in [2.24, 2.45) is 0 Å². The molecule has 0 saturated heterocycles. The number of ketones is 1. The van der Waals surface area contributed by atoms with Gasteiger partial charge in [0.1, 0.15) is 0 Å². The molecule has 0 radical (unpaired) electrons.